The zero-order chi connectivity index (χ0) is 17.4. The van der Waals surface area contributed by atoms with E-state index in [-0.39, 0.29) is 17.6 Å². The number of hydrogen-bond acceptors (Lipinski definition) is 2. The lowest BCUT2D eigenvalue weighted by atomic mass is 10.1. The molecule has 0 aliphatic rings. The third kappa shape index (κ3) is 5.68. The summed E-state index contributed by atoms with van der Waals surface area (Å²) in [5.74, 6) is -0.633. The van der Waals surface area contributed by atoms with Crippen LogP contribution in [0.15, 0.2) is 54.6 Å². The largest absolute Gasteiger partial charge is 0.352 e. The van der Waals surface area contributed by atoms with Crippen LogP contribution >= 0.6 is 0 Å². The highest BCUT2D eigenvalue weighted by molar-refractivity contribution is 5.92. The van der Waals surface area contributed by atoms with Crippen molar-refractivity contribution >= 4 is 23.6 Å². The maximum atomic E-state index is 13.4. The van der Waals surface area contributed by atoms with Crippen LogP contribution in [0.2, 0.25) is 0 Å². The molecule has 124 valence electrons. The molecule has 0 saturated carbocycles. The number of carbonyl (C=O) groups is 2. The number of benzene rings is 2. The summed E-state index contributed by atoms with van der Waals surface area (Å²) in [5, 5.41) is 5.39. The minimum absolute atomic E-state index is 0.132. The predicted octanol–water partition coefficient (Wildman–Crippen LogP) is 3.16. The first kappa shape index (κ1) is 17.4. The van der Waals surface area contributed by atoms with Gasteiger partial charge in [-0.25, -0.2) is 4.39 Å². The molecule has 2 aromatic carbocycles. The van der Waals surface area contributed by atoms with E-state index in [0.717, 1.165) is 5.56 Å². The van der Waals surface area contributed by atoms with E-state index in [1.54, 1.807) is 48.5 Å². The molecule has 0 spiro atoms. The van der Waals surface area contributed by atoms with Crippen LogP contribution in [0.25, 0.3) is 6.08 Å². The zero-order valence-electron chi connectivity index (χ0n) is 13.4. The number of nitrogens with one attached hydrogen (secondary N) is 2. The summed E-state index contributed by atoms with van der Waals surface area (Å²) in [7, 11) is 0. The summed E-state index contributed by atoms with van der Waals surface area (Å²) < 4.78 is 13.4. The molecule has 0 atom stereocenters. The molecule has 0 heterocycles. The quantitative estimate of drug-likeness (QED) is 0.801. The van der Waals surface area contributed by atoms with E-state index in [1.807, 2.05) is 0 Å². The molecule has 5 heteroatoms. The fraction of sp³-hybridized carbons (Fsp3) is 0.158. The summed E-state index contributed by atoms with van der Waals surface area (Å²) in [6.07, 6.45) is 3.54. The van der Waals surface area contributed by atoms with Crippen LogP contribution < -0.4 is 10.6 Å². The van der Waals surface area contributed by atoms with Gasteiger partial charge in [-0.05, 0) is 41.8 Å². The van der Waals surface area contributed by atoms with Crippen molar-refractivity contribution in [2.24, 2.45) is 0 Å². The monoisotopic (exact) mass is 326 g/mol. The fourth-order valence-electron chi connectivity index (χ4n) is 2.13. The number of rotatable bonds is 6. The maximum Gasteiger partial charge on any atom is 0.244 e. The van der Waals surface area contributed by atoms with E-state index >= 15 is 0 Å². The van der Waals surface area contributed by atoms with E-state index in [1.165, 1.54) is 19.1 Å². The Morgan fingerprint density at radius 2 is 1.79 bits per heavy atom. The lowest BCUT2D eigenvalue weighted by Crippen LogP contribution is -2.23. The fourth-order valence-corrected chi connectivity index (χ4v) is 2.13. The second-order valence-electron chi connectivity index (χ2n) is 5.27. The van der Waals surface area contributed by atoms with Gasteiger partial charge in [0.1, 0.15) is 5.82 Å². The molecule has 0 saturated heterocycles. The van der Waals surface area contributed by atoms with Crippen LogP contribution in [0.4, 0.5) is 10.1 Å². The van der Waals surface area contributed by atoms with Gasteiger partial charge in [-0.1, -0.05) is 30.3 Å². The average molecular weight is 326 g/mol. The summed E-state index contributed by atoms with van der Waals surface area (Å²) in [6.45, 7) is 1.81. The Balaban J connectivity index is 1.80. The molecular formula is C19H19FN2O2. The number of halogens is 1. The SMILES string of the molecule is CC(=O)Nc1ccc(/C=C/C(=O)NCCc2ccccc2F)cc1. The van der Waals surface area contributed by atoms with Gasteiger partial charge in [0.25, 0.3) is 0 Å². The first-order chi connectivity index (χ1) is 11.5. The molecule has 0 aromatic heterocycles. The lowest BCUT2D eigenvalue weighted by Gasteiger charge is -2.04. The summed E-state index contributed by atoms with van der Waals surface area (Å²) in [6, 6.07) is 13.6. The second kappa shape index (κ2) is 8.62. The number of hydrogen-bond donors (Lipinski definition) is 2. The van der Waals surface area contributed by atoms with Crippen LogP contribution in [0.3, 0.4) is 0 Å². The molecule has 2 amide bonds. The second-order valence-corrected chi connectivity index (χ2v) is 5.27. The van der Waals surface area contributed by atoms with Crippen molar-refractivity contribution in [1.82, 2.24) is 5.32 Å². The molecule has 24 heavy (non-hydrogen) atoms. The van der Waals surface area contributed by atoms with Crippen LogP contribution in [0.5, 0.6) is 0 Å². The molecule has 2 N–H and O–H groups in total. The Labute approximate surface area is 140 Å². The minimum atomic E-state index is -0.262. The zero-order valence-corrected chi connectivity index (χ0v) is 13.4. The van der Waals surface area contributed by atoms with E-state index < -0.39 is 0 Å². The van der Waals surface area contributed by atoms with Gasteiger partial charge in [0.15, 0.2) is 0 Å². The van der Waals surface area contributed by atoms with Gasteiger partial charge in [0, 0.05) is 25.2 Å². The topological polar surface area (TPSA) is 58.2 Å². The molecule has 0 unspecified atom stereocenters. The predicted molar refractivity (Wildman–Crippen MR) is 92.9 cm³/mol. The smallest absolute Gasteiger partial charge is 0.244 e. The van der Waals surface area contributed by atoms with Gasteiger partial charge < -0.3 is 10.6 Å². The third-order valence-electron chi connectivity index (χ3n) is 3.31. The molecule has 4 nitrogen and oxygen atoms in total. The van der Waals surface area contributed by atoms with Gasteiger partial charge in [-0.15, -0.1) is 0 Å². The Morgan fingerprint density at radius 1 is 1.08 bits per heavy atom. The Morgan fingerprint density at radius 3 is 2.46 bits per heavy atom. The number of amides is 2. The first-order valence-electron chi connectivity index (χ1n) is 7.61. The Bertz CT molecular complexity index is 739. The third-order valence-corrected chi connectivity index (χ3v) is 3.31. The van der Waals surface area contributed by atoms with Crippen molar-refractivity contribution in [3.8, 4) is 0 Å². The molecule has 0 bridgehead atoms. The van der Waals surface area contributed by atoms with Crippen molar-refractivity contribution in [3.63, 3.8) is 0 Å². The summed E-state index contributed by atoms with van der Waals surface area (Å²) in [4.78, 5) is 22.7. The first-order valence-corrected chi connectivity index (χ1v) is 7.61. The van der Waals surface area contributed by atoms with Crippen molar-refractivity contribution in [2.75, 3.05) is 11.9 Å². The molecule has 0 aliphatic heterocycles. The van der Waals surface area contributed by atoms with Crippen molar-refractivity contribution in [2.45, 2.75) is 13.3 Å². The van der Waals surface area contributed by atoms with E-state index in [4.69, 9.17) is 0 Å². The van der Waals surface area contributed by atoms with Crippen LogP contribution in [-0.4, -0.2) is 18.4 Å². The van der Waals surface area contributed by atoms with Gasteiger partial charge in [0.05, 0.1) is 0 Å². The van der Waals surface area contributed by atoms with Crippen LogP contribution in [0, 0.1) is 5.82 Å². The van der Waals surface area contributed by atoms with Gasteiger partial charge in [0.2, 0.25) is 11.8 Å². The van der Waals surface area contributed by atoms with Crippen LogP contribution in [0.1, 0.15) is 18.1 Å². The maximum absolute atomic E-state index is 13.4. The number of anilines is 1. The highest BCUT2D eigenvalue weighted by Crippen LogP contribution is 2.10. The Kier molecular flexibility index (Phi) is 6.25. The summed E-state index contributed by atoms with van der Waals surface area (Å²) >= 11 is 0. The lowest BCUT2D eigenvalue weighted by molar-refractivity contribution is -0.116. The van der Waals surface area contributed by atoms with E-state index in [2.05, 4.69) is 10.6 Å². The molecule has 0 fully saturated rings. The summed E-state index contributed by atoms with van der Waals surface area (Å²) in [5.41, 5.74) is 2.12. The highest BCUT2D eigenvalue weighted by atomic mass is 19.1. The standard InChI is InChI=1S/C19H19FN2O2/c1-14(23)22-17-9-6-15(7-10-17)8-11-19(24)21-13-12-16-4-2-3-5-18(16)20/h2-11H,12-13H2,1H3,(H,21,24)(H,22,23)/b11-8+. The van der Waals surface area contributed by atoms with Gasteiger partial charge >= 0.3 is 0 Å². The molecule has 2 rings (SSSR count). The van der Waals surface area contributed by atoms with Crippen molar-refractivity contribution in [3.05, 3.63) is 71.6 Å². The normalized spacial score (nSPS) is 10.6. The van der Waals surface area contributed by atoms with Crippen molar-refractivity contribution < 1.29 is 14.0 Å². The minimum Gasteiger partial charge on any atom is -0.352 e. The molecular weight excluding hydrogens is 307 g/mol. The molecule has 0 radical (unpaired) electrons. The van der Waals surface area contributed by atoms with Crippen molar-refractivity contribution in [1.29, 1.82) is 0 Å². The Hall–Kier alpha value is -2.95. The van der Waals surface area contributed by atoms with Crippen LogP contribution in [-0.2, 0) is 16.0 Å². The van der Waals surface area contributed by atoms with E-state index in [9.17, 15) is 14.0 Å². The highest BCUT2D eigenvalue weighted by Gasteiger charge is 2.01. The number of carbonyl (C=O) groups excluding carboxylic acids is 2. The molecule has 2 aromatic rings. The average Bonchev–Trinajstić information content (AvgIpc) is 2.55. The van der Waals surface area contributed by atoms with E-state index in [0.29, 0.717) is 24.2 Å². The van der Waals surface area contributed by atoms with Gasteiger partial charge in [-0.2, -0.15) is 0 Å². The molecule has 0 aliphatic carbocycles. The van der Waals surface area contributed by atoms with Gasteiger partial charge in [-0.3, -0.25) is 9.59 Å².